The Kier molecular flexibility index (Phi) is 6.90. The number of pyridine rings is 1. The highest BCUT2D eigenvalue weighted by atomic mass is 32.1. The number of aliphatic imine (C=N–C) groups is 1. The van der Waals surface area contributed by atoms with E-state index in [0.717, 1.165) is 5.69 Å². The van der Waals surface area contributed by atoms with Crippen LogP contribution in [0.4, 0.5) is 10.8 Å². The van der Waals surface area contributed by atoms with E-state index in [-0.39, 0.29) is 18.4 Å². The molecule has 11 heteroatoms. The predicted octanol–water partition coefficient (Wildman–Crippen LogP) is 1.58. The van der Waals surface area contributed by atoms with Gasteiger partial charge in [-0.15, -0.1) is 11.3 Å². The topological polar surface area (TPSA) is 139 Å². The molecule has 0 fully saturated rings. The fraction of sp³-hybridized carbons (Fsp3) is 0.105. The standard InChI is InChI=1S/C19H20N8O2S/c1-21-27-7-4-13(11-27)18(29)24-10-17(28)26-19-25-16(12-30-19)14(8-20)9-23-15-2-5-22-6-3-15/h2-9,11-12,21H,10,20H2,1H3,(H,24,29)(H,25,26,28)/b14-8+,23-9?. The van der Waals surface area contributed by atoms with E-state index in [1.807, 2.05) is 0 Å². The molecule has 3 aromatic heterocycles. The lowest BCUT2D eigenvalue weighted by atomic mass is 10.2. The average molecular weight is 424 g/mol. The Morgan fingerprint density at radius 1 is 1.30 bits per heavy atom. The Balaban J connectivity index is 1.54. The SMILES string of the molecule is CNn1ccc(C(=O)NCC(=O)Nc2nc(/C(C=Nc3ccncc3)=C/N)cs2)c1. The van der Waals surface area contributed by atoms with Crippen molar-refractivity contribution in [2.45, 2.75) is 0 Å². The fourth-order valence-electron chi connectivity index (χ4n) is 2.33. The van der Waals surface area contributed by atoms with Crippen LogP contribution >= 0.6 is 11.3 Å². The van der Waals surface area contributed by atoms with E-state index in [1.165, 1.54) is 17.5 Å². The van der Waals surface area contributed by atoms with Gasteiger partial charge in [-0.2, -0.15) is 0 Å². The number of nitrogens with one attached hydrogen (secondary N) is 3. The van der Waals surface area contributed by atoms with Crippen molar-refractivity contribution in [1.29, 1.82) is 0 Å². The molecular formula is C19H20N8O2S. The third-order valence-electron chi connectivity index (χ3n) is 3.86. The van der Waals surface area contributed by atoms with Crippen LogP contribution < -0.4 is 21.8 Å². The molecule has 0 aliphatic rings. The number of carbonyl (C=O) groups is 2. The first-order chi connectivity index (χ1) is 14.6. The van der Waals surface area contributed by atoms with Crippen LogP contribution in [-0.4, -0.2) is 46.3 Å². The van der Waals surface area contributed by atoms with E-state index >= 15 is 0 Å². The third kappa shape index (κ3) is 5.52. The molecule has 0 radical (unpaired) electrons. The van der Waals surface area contributed by atoms with Crippen molar-refractivity contribution < 1.29 is 9.59 Å². The quantitative estimate of drug-likeness (QED) is 0.405. The van der Waals surface area contributed by atoms with Gasteiger partial charge in [0.15, 0.2) is 5.13 Å². The van der Waals surface area contributed by atoms with Gasteiger partial charge in [-0.25, -0.2) is 4.98 Å². The number of thiazole rings is 1. The Morgan fingerprint density at radius 3 is 2.80 bits per heavy atom. The number of amides is 2. The summed E-state index contributed by atoms with van der Waals surface area (Å²) < 4.78 is 1.63. The highest BCUT2D eigenvalue weighted by Crippen LogP contribution is 2.21. The lowest BCUT2D eigenvalue weighted by Gasteiger charge is -2.04. The van der Waals surface area contributed by atoms with Crippen LogP contribution in [0.1, 0.15) is 16.1 Å². The molecule has 154 valence electrons. The molecule has 0 unspecified atom stereocenters. The fourth-order valence-corrected chi connectivity index (χ4v) is 3.06. The summed E-state index contributed by atoms with van der Waals surface area (Å²) in [6.45, 7) is -0.179. The molecule has 0 spiro atoms. The molecule has 3 heterocycles. The van der Waals surface area contributed by atoms with Gasteiger partial charge in [0.05, 0.1) is 23.5 Å². The molecule has 3 aromatic rings. The maximum Gasteiger partial charge on any atom is 0.253 e. The van der Waals surface area contributed by atoms with Crippen LogP contribution in [0.5, 0.6) is 0 Å². The molecule has 2 amide bonds. The van der Waals surface area contributed by atoms with E-state index in [1.54, 1.807) is 66.3 Å². The summed E-state index contributed by atoms with van der Waals surface area (Å²) in [4.78, 5) is 36.8. The first kappa shape index (κ1) is 20.7. The smallest absolute Gasteiger partial charge is 0.253 e. The average Bonchev–Trinajstić information content (AvgIpc) is 3.43. The monoisotopic (exact) mass is 424 g/mol. The summed E-state index contributed by atoms with van der Waals surface area (Å²) >= 11 is 1.24. The zero-order valence-corrected chi connectivity index (χ0v) is 16.9. The molecule has 5 N–H and O–H groups in total. The number of rotatable bonds is 8. The number of anilines is 1. The van der Waals surface area contributed by atoms with Crippen molar-refractivity contribution in [3.8, 4) is 0 Å². The van der Waals surface area contributed by atoms with Gasteiger partial charge in [-0.3, -0.25) is 24.2 Å². The minimum absolute atomic E-state index is 0.179. The molecule has 0 saturated carbocycles. The highest BCUT2D eigenvalue weighted by molar-refractivity contribution is 7.14. The molecule has 0 saturated heterocycles. The van der Waals surface area contributed by atoms with Gasteiger partial charge >= 0.3 is 0 Å². The maximum atomic E-state index is 12.1. The number of hydrogen-bond donors (Lipinski definition) is 4. The van der Waals surface area contributed by atoms with Crippen LogP contribution in [0.25, 0.3) is 5.57 Å². The highest BCUT2D eigenvalue weighted by Gasteiger charge is 2.12. The first-order valence-corrected chi connectivity index (χ1v) is 9.72. The Labute approximate surface area is 176 Å². The molecule has 0 aliphatic carbocycles. The Hall–Kier alpha value is -3.99. The van der Waals surface area contributed by atoms with Crippen LogP contribution in [0.2, 0.25) is 0 Å². The third-order valence-corrected chi connectivity index (χ3v) is 4.62. The normalized spacial score (nSPS) is 11.4. The van der Waals surface area contributed by atoms with Crippen molar-refractivity contribution in [3.05, 3.63) is 65.8 Å². The maximum absolute atomic E-state index is 12.1. The second kappa shape index (κ2) is 9.98. The molecule has 30 heavy (non-hydrogen) atoms. The minimum Gasteiger partial charge on any atom is -0.404 e. The van der Waals surface area contributed by atoms with Crippen molar-refractivity contribution in [2.24, 2.45) is 10.7 Å². The van der Waals surface area contributed by atoms with Gasteiger partial charge < -0.3 is 21.8 Å². The van der Waals surface area contributed by atoms with Crippen molar-refractivity contribution in [3.63, 3.8) is 0 Å². The molecular weight excluding hydrogens is 404 g/mol. The number of nitrogens with two attached hydrogens (primary N) is 1. The van der Waals surface area contributed by atoms with Crippen LogP contribution in [0, 0.1) is 0 Å². The lowest BCUT2D eigenvalue weighted by molar-refractivity contribution is -0.115. The number of carbonyl (C=O) groups excluding carboxylic acids is 2. The second-order valence-electron chi connectivity index (χ2n) is 5.89. The van der Waals surface area contributed by atoms with Crippen LogP contribution in [-0.2, 0) is 4.79 Å². The van der Waals surface area contributed by atoms with Crippen molar-refractivity contribution in [2.75, 3.05) is 24.3 Å². The van der Waals surface area contributed by atoms with E-state index in [0.29, 0.717) is 22.0 Å². The zero-order chi connectivity index (χ0) is 21.3. The second-order valence-corrected chi connectivity index (χ2v) is 6.74. The van der Waals surface area contributed by atoms with Gasteiger partial charge in [0.1, 0.15) is 0 Å². The summed E-state index contributed by atoms with van der Waals surface area (Å²) in [6, 6.07) is 5.17. The van der Waals surface area contributed by atoms with Gasteiger partial charge in [0.2, 0.25) is 5.91 Å². The summed E-state index contributed by atoms with van der Waals surface area (Å²) in [5.41, 5.74) is 10.9. The zero-order valence-electron chi connectivity index (χ0n) is 16.1. The van der Waals surface area contributed by atoms with E-state index in [9.17, 15) is 9.59 Å². The minimum atomic E-state index is -0.388. The van der Waals surface area contributed by atoms with Crippen LogP contribution in [0.15, 0.2) is 59.6 Å². The Bertz CT molecular complexity index is 1070. The molecule has 0 aliphatic heterocycles. The first-order valence-electron chi connectivity index (χ1n) is 8.84. The van der Waals surface area contributed by atoms with Gasteiger partial charge in [-0.05, 0) is 18.2 Å². The number of nitrogens with zero attached hydrogens (tertiary/aromatic N) is 4. The largest absolute Gasteiger partial charge is 0.404 e. The summed E-state index contributed by atoms with van der Waals surface area (Å²) in [7, 11) is 1.73. The number of aromatic nitrogens is 3. The predicted molar refractivity (Wildman–Crippen MR) is 117 cm³/mol. The molecule has 0 bridgehead atoms. The van der Waals surface area contributed by atoms with Crippen molar-refractivity contribution >= 4 is 45.8 Å². The molecule has 0 aromatic carbocycles. The number of hydrogen-bond acceptors (Lipinski definition) is 8. The van der Waals surface area contributed by atoms with Gasteiger partial charge in [0.25, 0.3) is 5.91 Å². The molecule has 10 nitrogen and oxygen atoms in total. The molecule has 3 rings (SSSR count). The van der Waals surface area contributed by atoms with Gasteiger partial charge in [-0.1, -0.05) is 0 Å². The van der Waals surface area contributed by atoms with Crippen molar-refractivity contribution in [1.82, 2.24) is 20.0 Å². The lowest BCUT2D eigenvalue weighted by Crippen LogP contribution is -2.32. The van der Waals surface area contributed by atoms with Gasteiger partial charge in [0, 0.05) is 55.2 Å². The van der Waals surface area contributed by atoms with Crippen LogP contribution in [0.3, 0.4) is 0 Å². The van der Waals surface area contributed by atoms with E-state index in [4.69, 9.17) is 5.73 Å². The van der Waals surface area contributed by atoms with E-state index < -0.39 is 0 Å². The Morgan fingerprint density at radius 2 is 2.10 bits per heavy atom. The van der Waals surface area contributed by atoms with E-state index in [2.05, 4.69) is 31.0 Å². The molecule has 0 atom stereocenters. The summed E-state index contributed by atoms with van der Waals surface area (Å²) in [5.74, 6) is -0.735. The summed E-state index contributed by atoms with van der Waals surface area (Å²) in [6.07, 6.45) is 9.59. The summed E-state index contributed by atoms with van der Waals surface area (Å²) in [5, 5.41) is 7.36. The number of allylic oxidation sites excluding steroid dienone is 1.